The van der Waals surface area contributed by atoms with Gasteiger partial charge in [0.05, 0.1) is 5.69 Å². The molecule has 1 aromatic heterocycles. The van der Waals surface area contributed by atoms with Crippen LogP contribution in [0.5, 0.6) is 0 Å². The molecule has 1 aliphatic heterocycles. The first-order valence-corrected chi connectivity index (χ1v) is 11.9. The predicted octanol–water partition coefficient (Wildman–Crippen LogP) is 4.76. The van der Waals surface area contributed by atoms with E-state index in [2.05, 4.69) is 34.1 Å². The first kappa shape index (κ1) is 22.7. The third kappa shape index (κ3) is 5.55. The van der Waals surface area contributed by atoms with Crippen LogP contribution in [-0.2, 0) is 13.0 Å². The standard InChI is InChI=1S/C29H28N4O2/c34-28(19-23-7-3-1-4-8-23)26-13-11-25(12-14-26)27-21-33(22-30-27)29(35)32-17-15-31(16-18-32)20-24-9-5-2-6-10-24/h1-14,21-22H,15-20H2. The molecule has 0 atom stereocenters. The summed E-state index contributed by atoms with van der Waals surface area (Å²) in [4.78, 5) is 34.3. The number of hydrogen-bond acceptors (Lipinski definition) is 4. The van der Waals surface area contributed by atoms with Crippen LogP contribution in [0.25, 0.3) is 11.3 Å². The second kappa shape index (κ2) is 10.5. The lowest BCUT2D eigenvalue weighted by Crippen LogP contribution is -2.49. The summed E-state index contributed by atoms with van der Waals surface area (Å²) >= 11 is 0. The molecule has 6 heteroatoms. The van der Waals surface area contributed by atoms with Gasteiger partial charge in [0.2, 0.25) is 0 Å². The number of imidazole rings is 1. The number of ketones is 1. The number of nitrogens with zero attached hydrogens (tertiary/aromatic N) is 4. The summed E-state index contributed by atoms with van der Waals surface area (Å²) in [6.45, 7) is 3.98. The van der Waals surface area contributed by atoms with Crippen LogP contribution < -0.4 is 0 Å². The van der Waals surface area contributed by atoms with E-state index in [4.69, 9.17) is 0 Å². The van der Waals surface area contributed by atoms with Crippen LogP contribution in [0.1, 0.15) is 21.5 Å². The summed E-state index contributed by atoms with van der Waals surface area (Å²) in [5.74, 6) is 0.0786. The highest BCUT2D eigenvalue weighted by atomic mass is 16.2. The summed E-state index contributed by atoms with van der Waals surface area (Å²) < 4.78 is 1.55. The Bertz CT molecular complexity index is 1280. The molecule has 0 radical (unpaired) electrons. The van der Waals surface area contributed by atoms with Crippen LogP contribution >= 0.6 is 0 Å². The topological polar surface area (TPSA) is 58.4 Å². The average molecular weight is 465 g/mol. The van der Waals surface area contributed by atoms with Crippen molar-refractivity contribution in [3.8, 4) is 11.3 Å². The highest BCUT2D eigenvalue weighted by Crippen LogP contribution is 2.19. The van der Waals surface area contributed by atoms with Gasteiger partial charge in [0.15, 0.2) is 5.78 Å². The Morgan fingerprint density at radius 3 is 2.03 bits per heavy atom. The number of rotatable bonds is 6. The molecule has 6 nitrogen and oxygen atoms in total. The maximum Gasteiger partial charge on any atom is 0.329 e. The van der Waals surface area contributed by atoms with Crippen LogP contribution in [0.15, 0.2) is 97.5 Å². The van der Waals surface area contributed by atoms with Gasteiger partial charge in [0.25, 0.3) is 0 Å². The molecule has 5 rings (SSSR count). The normalized spacial score (nSPS) is 14.1. The Kier molecular flexibility index (Phi) is 6.82. The zero-order valence-electron chi connectivity index (χ0n) is 19.6. The molecule has 3 aromatic carbocycles. The second-order valence-corrected chi connectivity index (χ2v) is 8.86. The van der Waals surface area contributed by atoms with Crippen LogP contribution in [-0.4, -0.2) is 57.3 Å². The molecule has 35 heavy (non-hydrogen) atoms. The number of benzene rings is 3. The van der Waals surface area contributed by atoms with Gasteiger partial charge >= 0.3 is 6.03 Å². The summed E-state index contributed by atoms with van der Waals surface area (Å²) in [7, 11) is 0. The average Bonchev–Trinajstić information content (AvgIpc) is 3.40. The second-order valence-electron chi connectivity index (χ2n) is 8.86. The summed E-state index contributed by atoms with van der Waals surface area (Å²) in [5, 5.41) is 0. The first-order chi connectivity index (χ1) is 17.2. The van der Waals surface area contributed by atoms with Crippen LogP contribution in [0.3, 0.4) is 0 Å². The number of hydrogen-bond donors (Lipinski definition) is 0. The molecule has 0 N–H and O–H groups in total. The van der Waals surface area contributed by atoms with Gasteiger partial charge in [-0.2, -0.15) is 0 Å². The first-order valence-electron chi connectivity index (χ1n) is 11.9. The number of amides is 1. The summed E-state index contributed by atoms with van der Waals surface area (Å²) in [6.07, 6.45) is 3.71. The van der Waals surface area contributed by atoms with E-state index in [0.29, 0.717) is 30.8 Å². The molecule has 0 unspecified atom stereocenters. The molecule has 2 heterocycles. The van der Waals surface area contributed by atoms with Crippen LogP contribution in [0.2, 0.25) is 0 Å². The Morgan fingerprint density at radius 2 is 1.37 bits per heavy atom. The molecule has 176 valence electrons. The predicted molar refractivity (Wildman–Crippen MR) is 136 cm³/mol. The molecule has 1 saturated heterocycles. The molecule has 4 aromatic rings. The van der Waals surface area contributed by atoms with E-state index in [9.17, 15) is 9.59 Å². The van der Waals surface area contributed by atoms with Gasteiger partial charge in [-0.1, -0.05) is 84.9 Å². The van der Waals surface area contributed by atoms with Crippen molar-refractivity contribution >= 4 is 11.8 Å². The molecule has 0 saturated carbocycles. The summed E-state index contributed by atoms with van der Waals surface area (Å²) in [6, 6.07) is 27.5. The highest BCUT2D eigenvalue weighted by Gasteiger charge is 2.22. The van der Waals surface area contributed by atoms with Gasteiger partial charge in [-0.15, -0.1) is 0 Å². The van der Waals surface area contributed by atoms with E-state index in [1.807, 2.05) is 65.6 Å². The molecular weight excluding hydrogens is 436 g/mol. The summed E-state index contributed by atoms with van der Waals surface area (Å²) in [5.41, 5.74) is 4.55. The van der Waals surface area contributed by atoms with Crippen molar-refractivity contribution in [2.45, 2.75) is 13.0 Å². The third-order valence-electron chi connectivity index (χ3n) is 6.41. The Hall–Kier alpha value is -4.03. The smallest absolute Gasteiger partial charge is 0.321 e. The lowest BCUT2D eigenvalue weighted by atomic mass is 10.0. The van der Waals surface area contributed by atoms with Crippen molar-refractivity contribution in [3.63, 3.8) is 0 Å². The molecule has 0 bridgehead atoms. The van der Waals surface area contributed by atoms with E-state index >= 15 is 0 Å². The Balaban J connectivity index is 1.17. The van der Waals surface area contributed by atoms with Gasteiger partial charge in [-0.25, -0.2) is 9.78 Å². The molecule has 0 spiro atoms. The van der Waals surface area contributed by atoms with Gasteiger partial charge in [0.1, 0.15) is 6.33 Å². The quantitative estimate of drug-likeness (QED) is 0.386. The van der Waals surface area contributed by atoms with Gasteiger partial charge in [-0.05, 0) is 11.1 Å². The van der Waals surface area contributed by atoms with Crippen molar-refractivity contribution < 1.29 is 9.59 Å². The molecule has 1 fully saturated rings. The minimum absolute atomic E-state index is 0.0576. The fourth-order valence-corrected chi connectivity index (χ4v) is 4.39. The van der Waals surface area contributed by atoms with Crippen molar-refractivity contribution in [3.05, 3.63) is 114 Å². The van der Waals surface area contributed by atoms with Crippen molar-refractivity contribution in [1.82, 2.24) is 19.4 Å². The molecule has 1 aliphatic rings. The monoisotopic (exact) mass is 464 g/mol. The van der Waals surface area contributed by atoms with Crippen LogP contribution in [0, 0.1) is 0 Å². The third-order valence-corrected chi connectivity index (χ3v) is 6.41. The molecular formula is C29H28N4O2. The zero-order chi connectivity index (χ0) is 24.0. The number of carbonyl (C=O) groups excluding carboxylic acids is 2. The zero-order valence-corrected chi connectivity index (χ0v) is 19.6. The van der Waals surface area contributed by atoms with E-state index in [1.165, 1.54) is 5.56 Å². The molecule has 1 amide bonds. The number of aromatic nitrogens is 2. The lowest BCUT2D eigenvalue weighted by molar-refractivity contribution is 0.0993. The maximum absolute atomic E-state index is 13.0. The maximum atomic E-state index is 13.0. The minimum atomic E-state index is -0.0576. The fourth-order valence-electron chi connectivity index (χ4n) is 4.39. The van der Waals surface area contributed by atoms with Crippen molar-refractivity contribution in [1.29, 1.82) is 0 Å². The van der Waals surface area contributed by atoms with E-state index in [0.717, 1.165) is 30.8 Å². The van der Waals surface area contributed by atoms with Crippen molar-refractivity contribution in [2.24, 2.45) is 0 Å². The SMILES string of the molecule is O=C(Cc1ccccc1)c1ccc(-c2cn(C(=O)N3CCN(Cc4ccccc4)CC3)cn2)cc1. The van der Waals surface area contributed by atoms with E-state index in [1.54, 1.807) is 17.1 Å². The van der Waals surface area contributed by atoms with Crippen LogP contribution in [0.4, 0.5) is 4.79 Å². The Morgan fingerprint density at radius 1 is 0.743 bits per heavy atom. The molecule has 0 aliphatic carbocycles. The van der Waals surface area contributed by atoms with Crippen molar-refractivity contribution in [2.75, 3.05) is 26.2 Å². The van der Waals surface area contributed by atoms with Gasteiger partial charge in [-0.3, -0.25) is 14.3 Å². The number of piperazine rings is 1. The minimum Gasteiger partial charge on any atom is -0.321 e. The lowest BCUT2D eigenvalue weighted by Gasteiger charge is -2.34. The largest absolute Gasteiger partial charge is 0.329 e. The van der Waals surface area contributed by atoms with Gasteiger partial charge in [0, 0.05) is 56.5 Å². The number of Topliss-reactive ketones (excluding diaryl/α,β-unsaturated/α-hetero) is 1. The van der Waals surface area contributed by atoms with Gasteiger partial charge < -0.3 is 4.90 Å². The number of carbonyl (C=O) groups is 2. The fraction of sp³-hybridized carbons (Fsp3) is 0.207. The highest BCUT2D eigenvalue weighted by molar-refractivity contribution is 5.97. The Labute approximate surface area is 205 Å². The van der Waals surface area contributed by atoms with E-state index < -0.39 is 0 Å². The van der Waals surface area contributed by atoms with E-state index in [-0.39, 0.29) is 11.8 Å².